The summed E-state index contributed by atoms with van der Waals surface area (Å²) in [5.74, 6) is -0.0883. The number of hydrogen-bond acceptors (Lipinski definition) is 4. The van der Waals surface area contributed by atoms with E-state index in [1.165, 1.54) is 0 Å². The van der Waals surface area contributed by atoms with Crippen LogP contribution in [0.5, 0.6) is 0 Å². The van der Waals surface area contributed by atoms with E-state index < -0.39 is 11.9 Å². The van der Waals surface area contributed by atoms with Crippen LogP contribution < -0.4 is 5.32 Å². The fourth-order valence-corrected chi connectivity index (χ4v) is 1.35. The van der Waals surface area contributed by atoms with Gasteiger partial charge in [-0.15, -0.1) is 6.58 Å². The van der Waals surface area contributed by atoms with Gasteiger partial charge in [-0.3, -0.25) is 0 Å². The summed E-state index contributed by atoms with van der Waals surface area (Å²) in [6.45, 7) is 4.59. The van der Waals surface area contributed by atoms with Gasteiger partial charge in [-0.25, -0.2) is 4.98 Å². The van der Waals surface area contributed by atoms with E-state index in [1.54, 1.807) is 12.1 Å². The minimum atomic E-state index is -4.54. The zero-order chi connectivity index (χ0) is 15.0. The van der Waals surface area contributed by atoms with Gasteiger partial charge in [-0.2, -0.15) is 18.4 Å². The van der Waals surface area contributed by atoms with Crippen LogP contribution in [0.15, 0.2) is 24.8 Å². The number of nitrogens with zero attached hydrogens (tertiary/aromatic N) is 2. The SMILES string of the molecule is C=CCCOCCNc1nc(C(F)(F)F)ccc1C#N. The fraction of sp³-hybridized carbons (Fsp3) is 0.385. The molecule has 1 aromatic rings. The molecule has 0 radical (unpaired) electrons. The van der Waals surface area contributed by atoms with Crippen molar-refractivity contribution < 1.29 is 17.9 Å². The van der Waals surface area contributed by atoms with Gasteiger partial charge in [-0.05, 0) is 18.6 Å². The van der Waals surface area contributed by atoms with Crippen molar-refractivity contribution >= 4 is 5.82 Å². The van der Waals surface area contributed by atoms with Crippen LogP contribution in [-0.2, 0) is 10.9 Å². The van der Waals surface area contributed by atoms with Crippen molar-refractivity contribution in [2.24, 2.45) is 0 Å². The first-order chi connectivity index (χ1) is 9.49. The number of anilines is 1. The zero-order valence-corrected chi connectivity index (χ0v) is 10.7. The van der Waals surface area contributed by atoms with Gasteiger partial charge in [0, 0.05) is 6.54 Å². The van der Waals surface area contributed by atoms with Crippen molar-refractivity contribution in [3.05, 3.63) is 36.0 Å². The molecule has 0 amide bonds. The van der Waals surface area contributed by atoms with Gasteiger partial charge in [0.2, 0.25) is 0 Å². The average Bonchev–Trinajstić information content (AvgIpc) is 2.41. The molecule has 0 saturated carbocycles. The number of hydrogen-bond donors (Lipinski definition) is 1. The minimum Gasteiger partial charge on any atom is -0.379 e. The van der Waals surface area contributed by atoms with E-state index in [4.69, 9.17) is 10.00 Å². The maximum Gasteiger partial charge on any atom is 0.433 e. The Labute approximate surface area is 114 Å². The predicted molar refractivity (Wildman–Crippen MR) is 68.1 cm³/mol. The molecule has 0 aliphatic rings. The highest BCUT2D eigenvalue weighted by Gasteiger charge is 2.33. The van der Waals surface area contributed by atoms with Gasteiger partial charge in [0.05, 0.1) is 18.8 Å². The van der Waals surface area contributed by atoms with Crippen molar-refractivity contribution in [2.75, 3.05) is 25.1 Å². The maximum atomic E-state index is 12.5. The van der Waals surface area contributed by atoms with Crippen molar-refractivity contribution in [3.8, 4) is 6.07 Å². The van der Waals surface area contributed by atoms with Crippen LogP contribution in [-0.4, -0.2) is 24.7 Å². The number of nitrogens with one attached hydrogen (secondary N) is 1. The van der Waals surface area contributed by atoms with E-state index in [0.29, 0.717) is 19.6 Å². The smallest absolute Gasteiger partial charge is 0.379 e. The lowest BCUT2D eigenvalue weighted by Gasteiger charge is -2.11. The van der Waals surface area contributed by atoms with Crippen LogP contribution in [0, 0.1) is 11.3 Å². The maximum absolute atomic E-state index is 12.5. The molecule has 0 fully saturated rings. The summed E-state index contributed by atoms with van der Waals surface area (Å²) in [4.78, 5) is 3.42. The lowest BCUT2D eigenvalue weighted by atomic mass is 10.2. The molecule has 108 valence electrons. The summed E-state index contributed by atoms with van der Waals surface area (Å²) in [5, 5.41) is 11.5. The highest BCUT2D eigenvalue weighted by molar-refractivity contribution is 5.52. The Morgan fingerprint density at radius 3 is 2.75 bits per heavy atom. The second-order valence-electron chi connectivity index (χ2n) is 3.82. The first kappa shape index (κ1) is 16.0. The molecule has 0 unspecified atom stereocenters. The van der Waals surface area contributed by atoms with Crippen molar-refractivity contribution in [2.45, 2.75) is 12.6 Å². The molecular weight excluding hydrogens is 271 g/mol. The molecule has 0 saturated heterocycles. The largest absolute Gasteiger partial charge is 0.433 e. The zero-order valence-electron chi connectivity index (χ0n) is 10.7. The van der Waals surface area contributed by atoms with E-state index in [0.717, 1.165) is 12.1 Å². The first-order valence-electron chi connectivity index (χ1n) is 5.90. The topological polar surface area (TPSA) is 57.9 Å². The minimum absolute atomic E-state index is 0.0593. The van der Waals surface area contributed by atoms with Crippen molar-refractivity contribution in [3.63, 3.8) is 0 Å². The third-order valence-corrected chi connectivity index (χ3v) is 2.31. The fourth-order valence-electron chi connectivity index (χ4n) is 1.35. The lowest BCUT2D eigenvalue weighted by Crippen LogP contribution is -2.15. The monoisotopic (exact) mass is 285 g/mol. The molecule has 0 aliphatic heterocycles. The Balaban J connectivity index is 2.63. The Morgan fingerprint density at radius 1 is 1.40 bits per heavy atom. The lowest BCUT2D eigenvalue weighted by molar-refractivity contribution is -0.141. The molecule has 0 spiro atoms. The molecule has 1 heterocycles. The molecule has 0 bridgehead atoms. The number of pyridine rings is 1. The van der Waals surface area contributed by atoms with Crippen LogP contribution in [0.4, 0.5) is 19.0 Å². The molecule has 0 aromatic carbocycles. The van der Waals surface area contributed by atoms with E-state index in [9.17, 15) is 13.2 Å². The number of ether oxygens (including phenoxy) is 1. The molecule has 4 nitrogen and oxygen atoms in total. The Kier molecular flexibility index (Phi) is 6.00. The van der Waals surface area contributed by atoms with Crippen LogP contribution in [0.2, 0.25) is 0 Å². The van der Waals surface area contributed by atoms with Gasteiger partial charge in [0.15, 0.2) is 0 Å². The molecule has 7 heteroatoms. The standard InChI is InChI=1S/C13H14F3N3O/c1-2-3-7-20-8-6-18-12-10(9-17)4-5-11(19-12)13(14,15)16/h2,4-5H,1,3,6-8H2,(H,18,19). The number of nitriles is 1. The van der Waals surface area contributed by atoms with Gasteiger partial charge >= 0.3 is 6.18 Å². The Hall–Kier alpha value is -2.07. The normalized spacial score (nSPS) is 10.9. The summed E-state index contributed by atoms with van der Waals surface area (Å²) in [7, 11) is 0. The molecule has 1 N–H and O–H groups in total. The summed E-state index contributed by atoms with van der Waals surface area (Å²) in [5.41, 5.74) is -0.976. The van der Waals surface area contributed by atoms with Crippen LogP contribution in [0.1, 0.15) is 17.7 Å². The van der Waals surface area contributed by atoms with Gasteiger partial charge in [0.25, 0.3) is 0 Å². The Morgan fingerprint density at radius 2 is 2.15 bits per heavy atom. The van der Waals surface area contributed by atoms with Crippen LogP contribution in [0.3, 0.4) is 0 Å². The molecular formula is C13H14F3N3O. The van der Waals surface area contributed by atoms with E-state index >= 15 is 0 Å². The number of alkyl halides is 3. The number of aromatic nitrogens is 1. The highest BCUT2D eigenvalue weighted by Crippen LogP contribution is 2.29. The molecule has 20 heavy (non-hydrogen) atoms. The quantitative estimate of drug-likeness (QED) is 0.618. The Bertz CT molecular complexity index is 495. The second-order valence-corrected chi connectivity index (χ2v) is 3.82. The first-order valence-corrected chi connectivity index (χ1v) is 5.90. The van der Waals surface area contributed by atoms with Gasteiger partial charge in [0.1, 0.15) is 17.6 Å². The molecule has 0 atom stereocenters. The predicted octanol–water partition coefficient (Wildman–Crippen LogP) is 2.98. The number of halogens is 3. The van der Waals surface area contributed by atoms with Crippen LogP contribution in [0.25, 0.3) is 0 Å². The summed E-state index contributed by atoms with van der Waals surface area (Å²) in [6.07, 6.45) is -2.13. The van der Waals surface area contributed by atoms with Gasteiger partial charge < -0.3 is 10.1 Å². The van der Waals surface area contributed by atoms with Crippen molar-refractivity contribution in [1.29, 1.82) is 5.26 Å². The molecule has 0 aliphatic carbocycles. The summed E-state index contributed by atoms with van der Waals surface area (Å²) >= 11 is 0. The molecule has 1 rings (SSSR count). The summed E-state index contributed by atoms with van der Waals surface area (Å²) in [6, 6.07) is 3.67. The van der Waals surface area contributed by atoms with Crippen LogP contribution >= 0.6 is 0 Å². The highest BCUT2D eigenvalue weighted by atomic mass is 19.4. The molecule has 1 aromatic heterocycles. The van der Waals surface area contributed by atoms with Crippen molar-refractivity contribution in [1.82, 2.24) is 4.98 Å². The summed E-state index contributed by atoms with van der Waals surface area (Å²) < 4.78 is 42.8. The van der Waals surface area contributed by atoms with E-state index in [-0.39, 0.29) is 17.9 Å². The van der Waals surface area contributed by atoms with Gasteiger partial charge in [-0.1, -0.05) is 6.08 Å². The van der Waals surface area contributed by atoms with E-state index in [1.807, 2.05) is 0 Å². The average molecular weight is 285 g/mol. The third kappa shape index (κ3) is 4.90. The third-order valence-electron chi connectivity index (χ3n) is 2.31. The number of rotatable bonds is 7. The second kappa shape index (κ2) is 7.50. The van der Waals surface area contributed by atoms with E-state index in [2.05, 4.69) is 16.9 Å².